The maximum Gasteiger partial charge on any atom is 0.306 e. The predicted octanol–water partition coefficient (Wildman–Crippen LogP) is 2.53. The van der Waals surface area contributed by atoms with E-state index in [-0.39, 0.29) is 23.8 Å². The summed E-state index contributed by atoms with van der Waals surface area (Å²) in [5.74, 6) is -1.06. The molecule has 0 bridgehead atoms. The standard InChI is InChI=1S/C19H21NO5S/c1-13(25-18(21)10-14-8-9-26(23,24)12-14)19(22)20-17-7-6-15-4-2-3-5-16(15)11-17/h2-7,11,13-14H,8-10,12H2,1H3,(H,20,22)/t13-,14+/m1/s1. The van der Waals surface area contributed by atoms with Gasteiger partial charge in [0.25, 0.3) is 5.91 Å². The van der Waals surface area contributed by atoms with Crippen LogP contribution in [0.4, 0.5) is 5.69 Å². The fraction of sp³-hybridized carbons (Fsp3) is 0.368. The number of amides is 1. The average molecular weight is 375 g/mol. The highest BCUT2D eigenvalue weighted by Crippen LogP contribution is 2.22. The predicted molar refractivity (Wildman–Crippen MR) is 99.5 cm³/mol. The van der Waals surface area contributed by atoms with Crippen molar-refractivity contribution in [1.82, 2.24) is 0 Å². The van der Waals surface area contributed by atoms with E-state index in [0.29, 0.717) is 12.1 Å². The first-order chi connectivity index (χ1) is 12.3. The molecule has 0 aliphatic carbocycles. The molecule has 0 aromatic heterocycles. The molecule has 1 amide bonds. The van der Waals surface area contributed by atoms with E-state index in [4.69, 9.17) is 4.74 Å². The van der Waals surface area contributed by atoms with Gasteiger partial charge in [-0.1, -0.05) is 30.3 Å². The number of anilines is 1. The van der Waals surface area contributed by atoms with Gasteiger partial charge in [-0.2, -0.15) is 0 Å². The van der Waals surface area contributed by atoms with E-state index in [2.05, 4.69) is 5.32 Å². The molecule has 26 heavy (non-hydrogen) atoms. The van der Waals surface area contributed by atoms with Crippen molar-refractivity contribution in [3.63, 3.8) is 0 Å². The van der Waals surface area contributed by atoms with Gasteiger partial charge in [-0.05, 0) is 42.2 Å². The van der Waals surface area contributed by atoms with Crippen LogP contribution < -0.4 is 5.32 Å². The number of esters is 1. The van der Waals surface area contributed by atoms with Gasteiger partial charge in [0.15, 0.2) is 15.9 Å². The summed E-state index contributed by atoms with van der Waals surface area (Å²) in [4.78, 5) is 24.2. The topological polar surface area (TPSA) is 89.5 Å². The minimum Gasteiger partial charge on any atom is -0.453 e. The van der Waals surface area contributed by atoms with E-state index in [9.17, 15) is 18.0 Å². The number of fused-ring (bicyclic) bond motifs is 1. The molecule has 2 atom stereocenters. The molecule has 138 valence electrons. The van der Waals surface area contributed by atoms with E-state index >= 15 is 0 Å². The van der Waals surface area contributed by atoms with Gasteiger partial charge in [-0.25, -0.2) is 8.42 Å². The van der Waals surface area contributed by atoms with E-state index in [1.54, 1.807) is 6.07 Å². The third kappa shape index (κ3) is 4.60. The van der Waals surface area contributed by atoms with E-state index < -0.39 is 27.8 Å². The highest BCUT2D eigenvalue weighted by molar-refractivity contribution is 7.91. The van der Waals surface area contributed by atoms with Crippen molar-refractivity contribution in [2.45, 2.75) is 25.9 Å². The molecule has 1 heterocycles. The van der Waals surface area contributed by atoms with Gasteiger partial charge < -0.3 is 10.1 Å². The van der Waals surface area contributed by atoms with Crippen LogP contribution in [0.15, 0.2) is 42.5 Å². The van der Waals surface area contributed by atoms with Gasteiger partial charge in [-0.3, -0.25) is 9.59 Å². The van der Waals surface area contributed by atoms with Crippen LogP contribution in [-0.2, 0) is 24.2 Å². The van der Waals surface area contributed by atoms with Gasteiger partial charge in [0.05, 0.1) is 11.5 Å². The van der Waals surface area contributed by atoms with Crippen LogP contribution in [0.3, 0.4) is 0 Å². The Morgan fingerprint density at radius 3 is 2.62 bits per heavy atom. The minimum atomic E-state index is -3.03. The molecule has 0 unspecified atom stereocenters. The van der Waals surface area contributed by atoms with E-state index in [0.717, 1.165) is 10.8 Å². The zero-order valence-electron chi connectivity index (χ0n) is 14.5. The molecule has 0 radical (unpaired) electrons. The number of ether oxygens (including phenoxy) is 1. The Bertz CT molecular complexity index is 938. The molecule has 1 saturated heterocycles. The van der Waals surface area contributed by atoms with E-state index in [1.807, 2.05) is 36.4 Å². The Labute approximate surface area is 152 Å². The smallest absolute Gasteiger partial charge is 0.306 e. The number of hydrogen-bond donors (Lipinski definition) is 1. The van der Waals surface area contributed by atoms with Crippen LogP contribution in [-0.4, -0.2) is 37.9 Å². The second kappa shape index (κ2) is 7.45. The molecular formula is C19H21NO5S. The Hall–Kier alpha value is -2.41. The third-order valence-corrected chi connectivity index (χ3v) is 6.31. The van der Waals surface area contributed by atoms with Crippen LogP contribution >= 0.6 is 0 Å². The van der Waals surface area contributed by atoms with Gasteiger partial charge in [0.2, 0.25) is 0 Å². The summed E-state index contributed by atoms with van der Waals surface area (Å²) in [6, 6.07) is 13.3. The van der Waals surface area contributed by atoms with Crippen LogP contribution in [0, 0.1) is 5.92 Å². The maximum absolute atomic E-state index is 12.2. The second-order valence-electron chi connectivity index (χ2n) is 6.66. The van der Waals surface area contributed by atoms with Crippen LogP contribution in [0.2, 0.25) is 0 Å². The third-order valence-electron chi connectivity index (χ3n) is 4.48. The molecule has 7 heteroatoms. The van der Waals surface area contributed by atoms with Gasteiger partial charge >= 0.3 is 5.97 Å². The second-order valence-corrected chi connectivity index (χ2v) is 8.89. The van der Waals surface area contributed by atoms with Crippen molar-refractivity contribution in [3.8, 4) is 0 Å². The molecule has 1 aliphatic heterocycles. The lowest BCUT2D eigenvalue weighted by atomic mass is 10.1. The van der Waals surface area contributed by atoms with Crippen molar-refractivity contribution >= 4 is 38.2 Å². The molecule has 2 aromatic carbocycles. The van der Waals surface area contributed by atoms with Crippen molar-refractivity contribution in [3.05, 3.63) is 42.5 Å². The number of hydrogen-bond acceptors (Lipinski definition) is 5. The van der Waals surface area contributed by atoms with Crippen LogP contribution in [0.1, 0.15) is 19.8 Å². The zero-order valence-corrected chi connectivity index (χ0v) is 15.3. The monoisotopic (exact) mass is 375 g/mol. The molecule has 6 nitrogen and oxygen atoms in total. The molecule has 1 N–H and O–H groups in total. The number of benzene rings is 2. The minimum absolute atomic E-state index is 0.0137. The largest absolute Gasteiger partial charge is 0.453 e. The summed E-state index contributed by atoms with van der Waals surface area (Å²) in [7, 11) is -3.03. The Kier molecular flexibility index (Phi) is 5.27. The van der Waals surface area contributed by atoms with Gasteiger partial charge in [0, 0.05) is 12.1 Å². The first-order valence-electron chi connectivity index (χ1n) is 8.52. The summed E-state index contributed by atoms with van der Waals surface area (Å²) in [6.45, 7) is 1.50. The maximum atomic E-state index is 12.2. The molecule has 1 fully saturated rings. The summed E-state index contributed by atoms with van der Waals surface area (Å²) in [6.07, 6.45) is -0.464. The SMILES string of the molecule is C[C@@H](OC(=O)C[C@@H]1CCS(=O)(=O)C1)C(=O)Nc1ccc2ccccc2c1. The Morgan fingerprint density at radius 1 is 1.19 bits per heavy atom. The Morgan fingerprint density at radius 2 is 1.92 bits per heavy atom. The first kappa shape index (κ1) is 18.4. The van der Waals surface area contributed by atoms with Crippen molar-refractivity contribution in [2.75, 3.05) is 16.8 Å². The van der Waals surface area contributed by atoms with Crippen LogP contribution in [0.25, 0.3) is 10.8 Å². The number of rotatable bonds is 5. The molecule has 3 rings (SSSR count). The zero-order chi connectivity index (χ0) is 18.7. The number of sulfone groups is 1. The Balaban J connectivity index is 1.54. The summed E-state index contributed by atoms with van der Waals surface area (Å²) in [5.41, 5.74) is 0.624. The molecular weight excluding hydrogens is 354 g/mol. The lowest BCUT2D eigenvalue weighted by Gasteiger charge is -2.15. The van der Waals surface area contributed by atoms with Crippen molar-refractivity contribution in [2.24, 2.45) is 5.92 Å². The fourth-order valence-corrected chi connectivity index (χ4v) is 4.94. The van der Waals surface area contributed by atoms with Crippen LogP contribution in [0.5, 0.6) is 0 Å². The lowest BCUT2D eigenvalue weighted by Crippen LogP contribution is -2.30. The number of nitrogens with one attached hydrogen (secondary N) is 1. The quantitative estimate of drug-likeness (QED) is 0.811. The molecule has 1 aliphatic rings. The van der Waals surface area contributed by atoms with Gasteiger partial charge in [-0.15, -0.1) is 0 Å². The number of carbonyl (C=O) groups is 2. The van der Waals surface area contributed by atoms with Gasteiger partial charge in [0.1, 0.15) is 0 Å². The molecule has 0 saturated carbocycles. The molecule has 0 spiro atoms. The highest BCUT2D eigenvalue weighted by Gasteiger charge is 2.30. The summed E-state index contributed by atoms with van der Waals surface area (Å²) in [5, 5.41) is 4.80. The summed E-state index contributed by atoms with van der Waals surface area (Å²) >= 11 is 0. The van der Waals surface area contributed by atoms with Crippen molar-refractivity contribution in [1.29, 1.82) is 0 Å². The fourth-order valence-electron chi connectivity index (χ4n) is 3.08. The summed E-state index contributed by atoms with van der Waals surface area (Å²) < 4.78 is 28.0. The first-order valence-corrected chi connectivity index (χ1v) is 10.3. The normalized spacial score (nSPS) is 19.8. The van der Waals surface area contributed by atoms with Crippen molar-refractivity contribution < 1.29 is 22.7 Å². The molecule has 2 aromatic rings. The van der Waals surface area contributed by atoms with E-state index in [1.165, 1.54) is 6.92 Å². The number of carbonyl (C=O) groups excluding carboxylic acids is 2. The average Bonchev–Trinajstić information content (AvgIpc) is 2.93. The lowest BCUT2D eigenvalue weighted by molar-refractivity contribution is -0.153. The highest BCUT2D eigenvalue weighted by atomic mass is 32.2.